The zero-order valence-corrected chi connectivity index (χ0v) is 15.7. The van der Waals surface area contributed by atoms with Crippen molar-refractivity contribution in [2.24, 2.45) is 0 Å². The lowest BCUT2D eigenvalue weighted by molar-refractivity contribution is -1.02. The Morgan fingerprint density at radius 2 is 1.85 bits per heavy atom. The van der Waals surface area contributed by atoms with Crippen LogP contribution in [0.5, 0.6) is 5.75 Å². The maximum Gasteiger partial charge on any atom is 0.321 e. The van der Waals surface area contributed by atoms with Crippen molar-refractivity contribution < 1.29 is 28.5 Å². The van der Waals surface area contributed by atoms with Crippen LogP contribution in [0, 0.1) is 5.82 Å². The van der Waals surface area contributed by atoms with Crippen molar-refractivity contribution in [2.75, 3.05) is 39.8 Å². The zero-order chi connectivity index (χ0) is 19.1. The number of rotatable bonds is 6. The van der Waals surface area contributed by atoms with E-state index in [0.717, 1.165) is 36.6 Å². The van der Waals surface area contributed by atoms with Gasteiger partial charge in [0.25, 0.3) is 5.91 Å². The number of carbonyl (C=O) groups excluding carboxylic acids is 2. The van der Waals surface area contributed by atoms with Crippen LogP contribution in [0.1, 0.15) is 19.4 Å². The van der Waals surface area contributed by atoms with Crippen LogP contribution in [0.25, 0.3) is 0 Å². The molecule has 4 N–H and O–H groups in total. The molecule has 0 aromatic heterocycles. The first-order valence-corrected chi connectivity index (χ1v) is 8.97. The summed E-state index contributed by atoms with van der Waals surface area (Å²) in [5.74, 6) is 0.165. The number of hydrogen-bond acceptors (Lipinski definition) is 3. The van der Waals surface area contributed by atoms with Gasteiger partial charge in [-0.05, 0) is 32.0 Å². The van der Waals surface area contributed by atoms with E-state index < -0.39 is 6.03 Å². The standard InChI is InChI=1S/C18H27FN4O3/c1-13(2)20-18(25)21-17(24)12-23-8-6-22(7-9-23)11-14-10-15(19)4-5-16(14)26-3/h4-5,10,13H,6-9,11-12H2,1-3H3,(H2,20,21,24,25)/p+2. The molecule has 1 heterocycles. The van der Waals surface area contributed by atoms with Gasteiger partial charge in [-0.1, -0.05) is 0 Å². The van der Waals surface area contributed by atoms with Gasteiger partial charge in [0.2, 0.25) is 0 Å². The lowest BCUT2D eigenvalue weighted by Crippen LogP contribution is -3.28. The van der Waals surface area contributed by atoms with Gasteiger partial charge in [0.15, 0.2) is 6.54 Å². The summed E-state index contributed by atoms with van der Waals surface area (Å²) in [5.41, 5.74) is 0.856. The number of benzene rings is 1. The highest BCUT2D eigenvalue weighted by molar-refractivity contribution is 5.94. The first kappa shape index (κ1) is 20.1. The summed E-state index contributed by atoms with van der Waals surface area (Å²) in [7, 11) is 1.59. The number of halogens is 1. The number of urea groups is 1. The molecule has 8 heteroatoms. The summed E-state index contributed by atoms with van der Waals surface area (Å²) < 4.78 is 18.8. The highest BCUT2D eigenvalue weighted by Crippen LogP contribution is 2.18. The van der Waals surface area contributed by atoms with Gasteiger partial charge in [0, 0.05) is 6.04 Å². The number of methoxy groups -OCH3 is 1. The predicted octanol–water partition coefficient (Wildman–Crippen LogP) is -1.65. The van der Waals surface area contributed by atoms with E-state index >= 15 is 0 Å². The monoisotopic (exact) mass is 368 g/mol. The molecule has 1 aromatic rings. The van der Waals surface area contributed by atoms with E-state index in [1.165, 1.54) is 17.0 Å². The summed E-state index contributed by atoms with van der Waals surface area (Å²) >= 11 is 0. The average molecular weight is 368 g/mol. The van der Waals surface area contributed by atoms with Crippen molar-refractivity contribution in [3.63, 3.8) is 0 Å². The molecule has 0 radical (unpaired) electrons. The minimum absolute atomic E-state index is 0.0119. The Labute approximate surface area is 153 Å². The molecule has 0 atom stereocenters. The summed E-state index contributed by atoms with van der Waals surface area (Å²) in [6, 6.07) is 4.10. The Bertz CT molecular complexity index is 631. The maximum absolute atomic E-state index is 13.5. The fraction of sp³-hybridized carbons (Fsp3) is 0.556. The van der Waals surface area contributed by atoms with Crippen LogP contribution >= 0.6 is 0 Å². The van der Waals surface area contributed by atoms with Crippen LogP contribution in [0.2, 0.25) is 0 Å². The number of piperazine rings is 1. The number of ether oxygens (including phenoxy) is 1. The van der Waals surface area contributed by atoms with Gasteiger partial charge in [-0.25, -0.2) is 9.18 Å². The first-order valence-electron chi connectivity index (χ1n) is 8.97. The Balaban J connectivity index is 1.78. The summed E-state index contributed by atoms with van der Waals surface area (Å²) in [4.78, 5) is 26.0. The second kappa shape index (κ2) is 9.49. The van der Waals surface area contributed by atoms with Crippen LogP contribution in [0.3, 0.4) is 0 Å². The third-order valence-electron chi connectivity index (χ3n) is 4.43. The Morgan fingerprint density at radius 3 is 2.46 bits per heavy atom. The third-order valence-corrected chi connectivity index (χ3v) is 4.43. The van der Waals surface area contributed by atoms with E-state index in [9.17, 15) is 14.0 Å². The van der Waals surface area contributed by atoms with Crippen molar-refractivity contribution in [3.8, 4) is 5.75 Å². The number of quaternary nitrogens is 2. The zero-order valence-electron chi connectivity index (χ0n) is 15.7. The maximum atomic E-state index is 13.5. The van der Waals surface area contributed by atoms with Crippen LogP contribution in [0.4, 0.5) is 9.18 Å². The molecule has 2 rings (SSSR count). The van der Waals surface area contributed by atoms with E-state index in [1.807, 2.05) is 13.8 Å². The minimum Gasteiger partial charge on any atom is -0.496 e. The lowest BCUT2D eigenvalue weighted by Gasteiger charge is -2.29. The largest absolute Gasteiger partial charge is 0.496 e. The summed E-state index contributed by atoms with van der Waals surface area (Å²) in [5, 5.41) is 4.99. The van der Waals surface area contributed by atoms with Crippen LogP contribution in [-0.2, 0) is 11.3 Å². The first-order chi connectivity index (χ1) is 12.4. The van der Waals surface area contributed by atoms with Crippen molar-refractivity contribution in [2.45, 2.75) is 26.4 Å². The smallest absolute Gasteiger partial charge is 0.321 e. The molecule has 1 saturated heterocycles. The summed E-state index contributed by atoms with van der Waals surface area (Å²) in [6.07, 6.45) is 0. The van der Waals surface area contributed by atoms with E-state index in [4.69, 9.17) is 4.74 Å². The molecular formula is C18H29FN4O3+2. The molecule has 1 fully saturated rings. The van der Waals surface area contributed by atoms with Gasteiger partial charge in [0.05, 0.1) is 12.7 Å². The van der Waals surface area contributed by atoms with E-state index in [-0.39, 0.29) is 24.3 Å². The van der Waals surface area contributed by atoms with Crippen molar-refractivity contribution in [1.29, 1.82) is 0 Å². The van der Waals surface area contributed by atoms with Crippen LogP contribution in [-0.4, -0.2) is 57.8 Å². The van der Waals surface area contributed by atoms with Gasteiger partial charge < -0.3 is 19.9 Å². The van der Waals surface area contributed by atoms with E-state index in [0.29, 0.717) is 12.3 Å². The normalized spacial score (nSPS) is 19.9. The Morgan fingerprint density at radius 1 is 1.19 bits per heavy atom. The second-order valence-electron chi connectivity index (χ2n) is 6.99. The quantitative estimate of drug-likeness (QED) is 0.486. The molecule has 0 spiro atoms. The number of nitrogens with one attached hydrogen (secondary N) is 4. The van der Waals surface area contributed by atoms with Gasteiger partial charge in [-0.15, -0.1) is 0 Å². The fourth-order valence-corrected chi connectivity index (χ4v) is 3.16. The highest BCUT2D eigenvalue weighted by atomic mass is 19.1. The van der Waals surface area contributed by atoms with Gasteiger partial charge >= 0.3 is 6.03 Å². The molecule has 3 amide bonds. The highest BCUT2D eigenvalue weighted by Gasteiger charge is 2.26. The van der Waals surface area contributed by atoms with E-state index in [2.05, 4.69) is 10.6 Å². The second-order valence-corrected chi connectivity index (χ2v) is 6.99. The molecule has 0 saturated carbocycles. The number of amides is 3. The molecule has 0 aliphatic carbocycles. The SMILES string of the molecule is COc1ccc(F)cc1C[NH+]1CC[NH+](CC(=O)NC(=O)NC(C)C)CC1. The topological polar surface area (TPSA) is 76.3 Å². The predicted molar refractivity (Wildman–Crippen MR) is 94.7 cm³/mol. The Kier molecular flexibility index (Phi) is 7.35. The number of carbonyl (C=O) groups is 2. The molecule has 0 bridgehead atoms. The van der Waals surface area contributed by atoms with Crippen LogP contribution in [0.15, 0.2) is 18.2 Å². The molecule has 0 unspecified atom stereocenters. The van der Waals surface area contributed by atoms with E-state index in [1.54, 1.807) is 13.2 Å². The molecule has 1 aliphatic rings. The number of hydrogen-bond donors (Lipinski definition) is 4. The molecule has 26 heavy (non-hydrogen) atoms. The minimum atomic E-state index is -0.452. The van der Waals surface area contributed by atoms with Crippen LogP contribution < -0.4 is 25.2 Å². The summed E-state index contributed by atoms with van der Waals surface area (Å²) in [6.45, 7) is 8.05. The lowest BCUT2D eigenvalue weighted by atomic mass is 10.1. The third kappa shape index (κ3) is 6.27. The average Bonchev–Trinajstić information content (AvgIpc) is 2.56. The van der Waals surface area contributed by atoms with Crippen molar-refractivity contribution >= 4 is 11.9 Å². The van der Waals surface area contributed by atoms with Gasteiger partial charge in [-0.3, -0.25) is 10.1 Å². The molecule has 144 valence electrons. The fourth-order valence-electron chi connectivity index (χ4n) is 3.16. The van der Waals surface area contributed by atoms with Crippen molar-refractivity contribution in [3.05, 3.63) is 29.6 Å². The number of imide groups is 1. The Hall–Kier alpha value is -2.19. The van der Waals surface area contributed by atoms with Gasteiger partial charge in [0.1, 0.15) is 44.3 Å². The molecule has 1 aliphatic heterocycles. The van der Waals surface area contributed by atoms with Gasteiger partial charge in [-0.2, -0.15) is 0 Å². The molecular weight excluding hydrogens is 339 g/mol. The van der Waals surface area contributed by atoms with Crippen molar-refractivity contribution in [1.82, 2.24) is 10.6 Å². The molecule has 1 aromatic carbocycles. The molecule has 7 nitrogen and oxygen atoms in total.